The molecule has 0 radical (unpaired) electrons. The number of aryl methyl sites for hydroxylation is 1. The van der Waals surface area contributed by atoms with E-state index in [9.17, 15) is 9.90 Å². The molecule has 1 amide bonds. The fourth-order valence-electron chi connectivity index (χ4n) is 4.15. The zero-order chi connectivity index (χ0) is 22.8. The van der Waals surface area contributed by atoms with Gasteiger partial charge in [0.05, 0.1) is 6.42 Å². The maximum absolute atomic E-state index is 12.6. The van der Waals surface area contributed by atoms with E-state index in [2.05, 4.69) is 30.5 Å². The number of hydrogen-bond donors (Lipinski definition) is 4. The average Bonchev–Trinajstić information content (AvgIpc) is 3.45. The molecule has 2 aromatic heterocycles. The number of nitrogens with zero attached hydrogens (tertiary/aromatic N) is 3. The number of aromatic hydroxyl groups is 1. The molecule has 3 heterocycles. The molecule has 8 nitrogen and oxygen atoms in total. The first kappa shape index (κ1) is 20.8. The molecule has 0 saturated carbocycles. The van der Waals surface area contributed by atoms with Gasteiger partial charge in [-0.05, 0) is 67.8 Å². The molecule has 4 aromatic rings. The van der Waals surface area contributed by atoms with Crippen molar-refractivity contribution < 1.29 is 9.90 Å². The van der Waals surface area contributed by atoms with Crippen molar-refractivity contribution in [3.63, 3.8) is 0 Å². The van der Waals surface area contributed by atoms with Crippen LogP contribution in [0.5, 0.6) is 5.75 Å². The predicted octanol–water partition coefficient (Wildman–Crippen LogP) is 4.50. The van der Waals surface area contributed by atoms with Gasteiger partial charge in [-0.25, -0.2) is 4.98 Å². The molecule has 0 aliphatic carbocycles. The summed E-state index contributed by atoms with van der Waals surface area (Å²) in [5.41, 5.74) is 4.24. The van der Waals surface area contributed by atoms with Crippen LogP contribution in [0.4, 0.5) is 23.1 Å². The minimum Gasteiger partial charge on any atom is -0.508 e. The normalized spacial score (nSPS) is 13.4. The fraction of sp³-hybridized carbons (Fsp3) is 0.240. The number of phenolic OH excluding ortho intramolecular Hbond substituents is 1. The van der Waals surface area contributed by atoms with Gasteiger partial charge in [-0.3, -0.25) is 4.79 Å². The minimum atomic E-state index is -0.123. The first-order valence-corrected chi connectivity index (χ1v) is 11.1. The number of aromatic amines is 1. The van der Waals surface area contributed by atoms with Crippen LogP contribution in [0.15, 0.2) is 54.7 Å². The summed E-state index contributed by atoms with van der Waals surface area (Å²) < 4.78 is 0. The summed E-state index contributed by atoms with van der Waals surface area (Å²) in [5.74, 6) is 1.58. The third kappa shape index (κ3) is 4.74. The van der Waals surface area contributed by atoms with Crippen LogP contribution in [-0.2, 0) is 11.2 Å². The quantitative estimate of drug-likeness (QED) is 0.350. The fourth-order valence-corrected chi connectivity index (χ4v) is 4.15. The van der Waals surface area contributed by atoms with Crippen molar-refractivity contribution in [2.24, 2.45) is 0 Å². The lowest BCUT2D eigenvalue weighted by Gasteiger charge is -2.17. The van der Waals surface area contributed by atoms with Crippen LogP contribution >= 0.6 is 0 Å². The van der Waals surface area contributed by atoms with Crippen molar-refractivity contribution >= 4 is 40.0 Å². The molecule has 1 aliphatic heterocycles. The molecule has 0 atom stereocenters. The number of fused-ring (bicyclic) bond motifs is 1. The van der Waals surface area contributed by atoms with Crippen LogP contribution in [0.3, 0.4) is 0 Å². The van der Waals surface area contributed by atoms with Crippen molar-refractivity contribution in [2.45, 2.75) is 26.2 Å². The number of hydrogen-bond acceptors (Lipinski definition) is 6. The van der Waals surface area contributed by atoms with Crippen molar-refractivity contribution in [1.29, 1.82) is 0 Å². The standard InChI is InChI=1S/C25H26N6O2/c1-16-12-23(30-25(27-16)31-10-2-3-11-31)28-18-4-6-19(7-5-18)29-24(33)13-17-15-26-22-9-8-20(32)14-21(17)22/h4-9,12,14-15,26,32H,2-3,10-11,13H2,1H3,(H,29,33)(H,27,28,30). The van der Waals surface area contributed by atoms with Gasteiger partial charge < -0.3 is 25.6 Å². The second-order valence-corrected chi connectivity index (χ2v) is 8.36. The first-order chi connectivity index (χ1) is 16.0. The van der Waals surface area contributed by atoms with Crippen LogP contribution in [0, 0.1) is 6.92 Å². The third-order valence-corrected chi connectivity index (χ3v) is 5.77. The Balaban J connectivity index is 1.23. The summed E-state index contributed by atoms with van der Waals surface area (Å²) in [7, 11) is 0. The molecule has 1 fully saturated rings. The number of anilines is 4. The van der Waals surface area contributed by atoms with Gasteiger partial charge in [0.1, 0.15) is 11.6 Å². The maximum atomic E-state index is 12.6. The highest BCUT2D eigenvalue weighted by molar-refractivity contribution is 5.96. The zero-order valence-electron chi connectivity index (χ0n) is 18.4. The van der Waals surface area contributed by atoms with Gasteiger partial charge >= 0.3 is 0 Å². The smallest absolute Gasteiger partial charge is 0.228 e. The molecule has 1 aliphatic rings. The number of carbonyl (C=O) groups excluding carboxylic acids is 1. The second-order valence-electron chi connectivity index (χ2n) is 8.36. The van der Waals surface area contributed by atoms with Crippen molar-refractivity contribution in [3.8, 4) is 5.75 Å². The second kappa shape index (κ2) is 8.82. The van der Waals surface area contributed by atoms with E-state index in [0.717, 1.165) is 52.7 Å². The van der Waals surface area contributed by atoms with Gasteiger partial charge in [0.15, 0.2) is 0 Å². The molecule has 0 bridgehead atoms. The van der Waals surface area contributed by atoms with E-state index < -0.39 is 0 Å². The van der Waals surface area contributed by atoms with E-state index in [4.69, 9.17) is 0 Å². The Kier molecular flexibility index (Phi) is 5.56. The van der Waals surface area contributed by atoms with Gasteiger partial charge in [-0.1, -0.05) is 0 Å². The van der Waals surface area contributed by atoms with Crippen LogP contribution in [0.2, 0.25) is 0 Å². The average molecular weight is 443 g/mol. The Hall–Kier alpha value is -4.07. The molecule has 4 N–H and O–H groups in total. The lowest BCUT2D eigenvalue weighted by molar-refractivity contribution is -0.115. The van der Waals surface area contributed by atoms with Crippen molar-refractivity contribution in [1.82, 2.24) is 15.0 Å². The summed E-state index contributed by atoms with van der Waals surface area (Å²) in [6.07, 6.45) is 4.37. The van der Waals surface area contributed by atoms with Gasteiger partial charge in [-0.2, -0.15) is 4.98 Å². The number of rotatable bonds is 6. The van der Waals surface area contributed by atoms with Gasteiger partial charge in [0.2, 0.25) is 11.9 Å². The highest BCUT2D eigenvalue weighted by Gasteiger charge is 2.16. The Labute approximate surface area is 191 Å². The monoisotopic (exact) mass is 442 g/mol. The Bertz CT molecular complexity index is 1290. The van der Waals surface area contributed by atoms with E-state index in [-0.39, 0.29) is 18.1 Å². The van der Waals surface area contributed by atoms with E-state index >= 15 is 0 Å². The van der Waals surface area contributed by atoms with Gasteiger partial charge in [0, 0.05) is 53.3 Å². The summed E-state index contributed by atoms with van der Waals surface area (Å²) >= 11 is 0. The van der Waals surface area contributed by atoms with Crippen LogP contribution in [0.1, 0.15) is 24.1 Å². The highest BCUT2D eigenvalue weighted by atomic mass is 16.3. The van der Waals surface area contributed by atoms with E-state index in [1.54, 1.807) is 24.4 Å². The van der Waals surface area contributed by atoms with E-state index in [1.807, 2.05) is 37.3 Å². The summed E-state index contributed by atoms with van der Waals surface area (Å²) in [5, 5.41) is 16.8. The Morgan fingerprint density at radius 2 is 1.82 bits per heavy atom. The van der Waals surface area contributed by atoms with E-state index in [1.165, 1.54) is 12.8 Å². The third-order valence-electron chi connectivity index (χ3n) is 5.77. The van der Waals surface area contributed by atoms with Gasteiger partial charge in [-0.15, -0.1) is 0 Å². The Morgan fingerprint density at radius 1 is 1.06 bits per heavy atom. The van der Waals surface area contributed by atoms with Gasteiger partial charge in [0.25, 0.3) is 0 Å². The molecule has 33 heavy (non-hydrogen) atoms. The van der Waals surface area contributed by atoms with Crippen LogP contribution in [-0.4, -0.2) is 39.1 Å². The molecule has 0 spiro atoms. The minimum absolute atomic E-state index is 0.123. The number of benzene rings is 2. The highest BCUT2D eigenvalue weighted by Crippen LogP contribution is 2.25. The first-order valence-electron chi connectivity index (χ1n) is 11.1. The Morgan fingerprint density at radius 3 is 2.61 bits per heavy atom. The topological polar surface area (TPSA) is 106 Å². The number of H-pyrrole nitrogens is 1. The largest absolute Gasteiger partial charge is 0.508 e. The number of amides is 1. The van der Waals surface area contributed by atoms with Crippen LogP contribution < -0.4 is 15.5 Å². The van der Waals surface area contributed by atoms with Crippen LogP contribution in [0.25, 0.3) is 10.9 Å². The molecule has 168 valence electrons. The molecule has 2 aromatic carbocycles. The van der Waals surface area contributed by atoms with E-state index in [0.29, 0.717) is 5.69 Å². The molecule has 0 unspecified atom stereocenters. The maximum Gasteiger partial charge on any atom is 0.228 e. The molecule has 1 saturated heterocycles. The zero-order valence-corrected chi connectivity index (χ0v) is 18.4. The summed E-state index contributed by atoms with van der Waals surface area (Å²) in [4.78, 5) is 27.1. The predicted molar refractivity (Wildman–Crippen MR) is 130 cm³/mol. The number of nitrogens with one attached hydrogen (secondary N) is 3. The number of carbonyl (C=O) groups is 1. The molecular formula is C25H26N6O2. The lowest BCUT2D eigenvalue weighted by Crippen LogP contribution is -2.21. The SMILES string of the molecule is Cc1cc(Nc2ccc(NC(=O)Cc3c[nH]c4ccc(O)cc34)cc2)nc(N2CCCC2)n1. The molecular weight excluding hydrogens is 416 g/mol. The molecule has 5 rings (SSSR count). The summed E-state index contributed by atoms with van der Waals surface area (Å²) in [6.45, 7) is 3.97. The number of aromatic nitrogens is 3. The number of phenols is 1. The van der Waals surface area contributed by atoms with Crippen molar-refractivity contribution in [3.05, 3.63) is 66.0 Å². The van der Waals surface area contributed by atoms with Crippen molar-refractivity contribution in [2.75, 3.05) is 28.6 Å². The summed E-state index contributed by atoms with van der Waals surface area (Å²) in [6, 6.07) is 14.5. The molecule has 8 heteroatoms. The lowest BCUT2D eigenvalue weighted by atomic mass is 10.1.